The normalized spacial score (nSPS) is 12.3. The van der Waals surface area contributed by atoms with Crippen LogP contribution in [0.2, 0.25) is 0 Å². The maximum Gasteiger partial charge on any atom is 0.273 e. The van der Waals surface area contributed by atoms with Crippen LogP contribution in [0.25, 0.3) is 5.69 Å². The molecule has 2 heterocycles. The molecule has 0 fully saturated rings. The first-order valence-corrected chi connectivity index (χ1v) is 9.57. The Hall–Kier alpha value is -4.14. The standard InChI is InChI=1S/C22H20N4O5/c1-14-9-17(15(2)25(14)18-7-8-20-21(11-18)31-13-30-20)12-23-24-22(27)10-16-5-3-4-6-19(16)26(28)29/h3-9,11-12H,10,13H2,1-2H3,(H,24,27)/b23-12+. The second-order valence-corrected chi connectivity index (χ2v) is 7.06. The summed E-state index contributed by atoms with van der Waals surface area (Å²) in [4.78, 5) is 22.8. The van der Waals surface area contributed by atoms with Crippen LogP contribution < -0.4 is 14.9 Å². The predicted octanol–water partition coefficient (Wildman–Crippen LogP) is 3.42. The summed E-state index contributed by atoms with van der Waals surface area (Å²) >= 11 is 0. The molecule has 3 aromatic rings. The third-order valence-corrected chi connectivity index (χ3v) is 5.02. The molecule has 0 bridgehead atoms. The van der Waals surface area contributed by atoms with Crippen molar-refractivity contribution in [3.05, 3.63) is 81.2 Å². The van der Waals surface area contributed by atoms with Crippen LogP contribution in [0.1, 0.15) is 22.5 Å². The molecular formula is C22H20N4O5. The zero-order valence-corrected chi connectivity index (χ0v) is 17.0. The van der Waals surface area contributed by atoms with Gasteiger partial charge >= 0.3 is 0 Å². The first-order chi connectivity index (χ1) is 14.9. The van der Waals surface area contributed by atoms with Gasteiger partial charge in [-0.05, 0) is 32.0 Å². The Morgan fingerprint density at radius 2 is 1.97 bits per heavy atom. The molecule has 31 heavy (non-hydrogen) atoms. The highest BCUT2D eigenvalue weighted by Crippen LogP contribution is 2.34. The molecule has 1 amide bonds. The Morgan fingerprint density at radius 3 is 2.77 bits per heavy atom. The molecule has 0 unspecified atom stereocenters. The van der Waals surface area contributed by atoms with Crippen molar-refractivity contribution in [3.63, 3.8) is 0 Å². The van der Waals surface area contributed by atoms with Gasteiger partial charge in [-0.25, -0.2) is 5.43 Å². The lowest BCUT2D eigenvalue weighted by Crippen LogP contribution is -2.20. The Morgan fingerprint density at radius 1 is 1.19 bits per heavy atom. The summed E-state index contributed by atoms with van der Waals surface area (Å²) in [6.45, 7) is 4.14. The van der Waals surface area contributed by atoms with Gasteiger partial charge in [0.25, 0.3) is 5.69 Å². The van der Waals surface area contributed by atoms with Gasteiger partial charge in [-0.1, -0.05) is 18.2 Å². The average molecular weight is 420 g/mol. The number of para-hydroxylation sites is 1. The SMILES string of the molecule is Cc1cc(/C=N/NC(=O)Cc2ccccc2[N+](=O)[O-])c(C)n1-c1ccc2c(c1)OCO2. The number of carbonyl (C=O) groups is 1. The summed E-state index contributed by atoms with van der Waals surface area (Å²) in [5.41, 5.74) is 6.38. The van der Waals surface area contributed by atoms with Crippen LogP contribution in [0, 0.1) is 24.0 Å². The van der Waals surface area contributed by atoms with Gasteiger partial charge in [0.2, 0.25) is 12.7 Å². The van der Waals surface area contributed by atoms with E-state index in [1.807, 2.05) is 38.1 Å². The Balaban J connectivity index is 1.47. The molecule has 0 radical (unpaired) electrons. The molecule has 0 spiro atoms. The minimum Gasteiger partial charge on any atom is -0.454 e. The van der Waals surface area contributed by atoms with Crippen molar-refractivity contribution in [2.24, 2.45) is 5.10 Å². The Labute approximate surface area is 178 Å². The minimum atomic E-state index is -0.503. The fourth-order valence-corrected chi connectivity index (χ4v) is 3.56. The largest absolute Gasteiger partial charge is 0.454 e. The van der Waals surface area contributed by atoms with Gasteiger partial charge in [0, 0.05) is 40.3 Å². The van der Waals surface area contributed by atoms with Crippen LogP contribution in [-0.4, -0.2) is 28.4 Å². The van der Waals surface area contributed by atoms with Crippen LogP contribution in [-0.2, 0) is 11.2 Å². The number of aryl methyl sites for hydroxylation is 1. The van der Waals surface area contributed by atoms with Crippen molar-refractivity contribution in [2.45, 2.75) is 20.3 Å². The number of nitro groups is 1. The number of fused-ring (bicyclic) bond motifs is 1. The van der Waals surface area contributed by atoms with E-state index in [4.69, 9.17) is 9.47 Å². The number of carbonyl (C=O) groups excluding carboxylic acids is 1. The zero-order chi connectivity index (χ0) is 22.0. The highest BCUT2D eigenvalue weighted by molar-refractivity contribution is 5.85. The second kappa shape index (κ2) is 8.31. The number of hydrogen-bond donors (Lipinski definition) is 1. The fourth-order valence-electron chi connectivity index (χ4n) is 3.56. The molecule has 1 aromatic heterocycles. The van der Waals surface area contributed by atoms with Gasteiger partial charge in [-0.2, -0.15) is 5.10 Å². The zero-order valence-electron chi connectivity index (χ0n) is 17.0. The maximum absolute atomic E-state index is 12.2. The topological polar surface area (TPSA) is 108 Å². The van der Waals surface area contributed by atoms with Gasteiger partial charge in [0.1, 0.15) is 0 Å². The first-order valence-electron chi connectivity index (χ1n) is 9.57. The number of aromatic nitrogens is 1. The molecule has 4 rings (SSSR count). The molecule has 2 aromatic carbocycles. The van der Waals surface area contributed by atoms with E-state index in [1.165, 1.54) is 6.07 Å². The van der Waals surface area contributed by atoms with Gasteiger partial charge in [0.05, 0.1) is 17.6 Å². The monoisotopic (exact) mass is 420 g/mol. The third-order valence-electron chi connectivity index (χ3n) is 5.02. The van der Waals surface area contributed by atoms with E-state index in [0.29, 0.717) is 11.3 Å². The highest BCUT2D eigenvalue weighted by atomic mass is 16.7. The number of hydrogen-bond acceptors (Lipinski definition) is 6. The van der Waals surface area contributed by atoms with Crippen molar-refractivity contribution in [3.8, 4) is 17.2 Å². The summed E-state index contributed by atoms with van der Waals surface area (Å²) in [5, 5.41) is 15.1. The van der Waals surface area contributed by atoms with Crippen molar-refractivity contribution >= 4 is 17.8 Å². The van der Waals surface area contributed by atoms with Crippen molar-refractivity contribution in [2.75, 3.05) is 6.79 Å². The summed E-state index contributed by atoms with van der Waals surface area (Å²) in [6.07, 6.45) is 1.42. The van der Waals surface area contributed by atoms with Gasteiger partial charge in [-0.15, -0.1) is 0 Å². The lowest BCUT2D eigenvalue weighted by molar-refractivity contribution is -0.385. The molecule has 1 aliphatic rings. The number of nitrogens with one attached hydrogen (secondary N) is 1. The number of nitrogens with zero attached hydrogens (tertiary/aromatic N) is 3. The quantitative estimate of drug-likeness (QED) is 0.373. The predicted molar refractivity (Wildman–Crippen MR) is 114 cm³/mol. The minimum absolute atomic E-state index is 0.0890. The van der Waals surface area contributed by atoms with Crippen LogP contribution >= 0.6 is 0 Å². The highest BCUT2D eigenvalue weighted by Gasteiger charge is 2.17. The van der Waals surface area contributed by atoms with Crippen LogP contribution in [0.5, 0.6) is 11.5 Å². The van der Waals surface area contributed by atoms with Crippen molar-refractivity contribution in [1.29, 1.82) is 0 Å². The van der Waals surface area contributed by atoms with Crippen LogP contribution in [0.3, 0.4) is 0 Å². The molecule has 0 aliphatic carbocycles. The molecule has 0 saturated heterocycles. The summed E-state index contributed by atoms with van der Waals surface area (Å²) in [7, 11) is 0. The van der Waals surface area contributed by atoms with E-state index in [9.17, 15) is 14.9 Å². The maximum atomic E-state index is 12.2. The van der Waals surface area contributed by atoms with Gasteiger partial charge in [-0.3, -0.25) is 14.9 Å². The van der Waals surface area contributed by atoms with Crippen LogP contribution in [0.4, 0.5) is 5.69 Å². The molecule has 158 valence electrons. The Bertz CT molecular complexity index is 1200. The van der Waals surface area contributed by atoms with E-state index in [2.05, 4.69) is 15.1 Å². The van der Waals surface area contributed by atoms with Crippen molar-refractivity contribution in [1.82, 2.24) is 9.99 Å². The lowest BCUT2D eigenvalue weighted by atomic mass is 10.1. The fraction of sp³-hybridized carbons (Fsp3) is 0.182. The average Bonchev–Trinajstić information content (AvgIpc) is 3.31. The third kappa shape index (κ3) is 4.11. The number of nitro benzene ring substituents is 1. The first kappa shape index (κ1) is 20.1. The van der Waals surface area contributed by atoms with E-state index in [1.54, 1.807) is 24.4 Å². The van der Waals surface area contributed by atoms with E-state index < -0.39 is 10.8 Å². The van der Waals surface area contributed by atoms with Crippen LogP contribution in [0.15, 0.2) is 53.6 Å². The number of amides is 1. The number of hydrazone groups is 1. The number of benzene rings is 2. The number of ether oxygens (including phenoxy) is 2. The second-order valence-electron chi connectivity index (χ2n) is 7.06. The van der Waals surface area contributed by atoms with E-state index >= 15 is 0 Å². The molecule has 9 nitrogen and oxygen atoms in total. The molecular weight excluding hydrogens is 400 g/mol. The lowest BCUT2D eigenvalue weighted by Gasteiger charge is -2.10. The smallest absolute Gasteiger partial charge is 0.273 e. The van der Waals surface area contributed by atoms with Gasteiger partial charge < -0.3 is 14.0 Å². The van der Waals surface area contributed by atoms with E-state index in [-0.39, 0.29) is 18.9 Å². The summed E-state index contributed by atoms with van der Waals surface area (Å²) in [5.74, 6) is 0.979. The molecule has 9 heteroatoms. The Kier molecular flexibility index (Phi) is 5.40. The van der Waals surface area contributed by atoms with E-state index in [0.717, 1.165) is 28.4 Å². The summed E-state index contributed by atoms with van der Waals surface area (Å²) < 4.78 is 12.9. The summed E-state index contributed by atoms with van der Waals surface area (Å²) in [6, 6.07) is 13.8. The number of rotatable bonds is 6. The molecule has 1 N–H and O–H groups in total. The molecule has 0 saturated carbocycles. The molecule has 0 atom stereocenters. The van der Waals surface area contributed by atoms with Crippen molar-refractivity contribution < 1.29 is 19.2 Å². The molecule has 1 aliphatic heterocycles. The van der Waals surface area contributed by atoms with Gasteiger partial charge in [0.15, 0.2) is 11.5 Å².